The number of aromatic amines is 1. The minimum Gasteiger partial charge on any atom is -0.358 e. The number of rotatable bonds is 3. The molecule has 0 amide bonds. The number of nitrogens with one attached hydrogen (secondary N) is 1. The van der Waals surface area contributed by atoms with Crippen molar-refractivity contribution in [3.8, 4) is 0 Å². The first kappa shape index (κ1) is 14.7. The second-order valence-electron chi connectivity index (χ2n) is 3.93. The average molecular weight is 294 g/mol. The Bertz CT molecular complexity index is 520. The average Bonchev–Trinajstić information content (AvgIpc) is 2.51. The van der Waals surface area contributed by atoms with E-state index in [4.69, 9.17) is 28.9 Å². The number of nitrogens with two attached hydrogens (primary N) is 1. The predicted molar refractivity (Wildman–Crippen MR) is 77.7 cm³/mol. The van der Waals surface area contributed by atoms with Gasteiger partial charge in [-0.2, -0.15) is 0 Å². The van der Waals surface area contributed by atoms with E-state index in [1.54, 1.807) is 6.07 Å². The highest BCUT2D eigenvalue weighted by molar-refractivity contribution is 6.38. The van der Waals surface area contributed by atoms with Crippen LogP contribution in [0.4, 0.5) is 0 Å². The highest BCUT2D eigenvalue weighted by atomic mass is 35.5. The van der Waals surface area contributed by atoms with Gasteiger partial charge in [0, 0.05) is 21.6 Å². The van der Waals surface area contributed by atoms with Gasteiger partial charge >= 0.3 is 0 Å². The zero-order valence-electron chi connectivity index (χ0n) is 9.52. The van der Waals surface area contributed by atoms with Gasteiger partial charge in [-0.15, -0.1) is 12.4 Å². The molecule has 17 heavy (non-hydrogen) atoms. The van der Waals surface area contributed by atoms with Gasteiger partial charge in [0.25, 0.3) is 0 Å². The molecule has 0 unspecified atom stereocenters. The van der Waals surface area contributed by atoms with Gasteiger partial charge in [-0.25, -0.2) is 0 Å². The summed E-state index contributed by atoms with van der Waals surface area (Å²) in [4.78, 5) is 3.31. The fourth-order valence-corrected chi connectivity index (χ4v) is 2.64. The minimum absolute atomic E-state index is 0. The molecule has 94 valence electrons. The molecule has 0 fully saturated rings. The zero-order valence-corrected chi connectivity index (χ0v) is 11.8. The summed E-state index contributed by atoms with van der Waals surface area (Å²) in [5, 5.41) is 2.44. The zero-order chi connectivity index (χ0) is 11.7. The molecule has 0 saturated carbocycles. The molecule has 0 saturated heterocycles. The summed E-state index contributed by atoms with van der Waals surface area (Å²) in [7, 11) is 0. The van der Waals surface area contributed by atoms with E-state index in [1.165, 1.54) is 5.56 Å². The molecule has 0 bridgehead atoms. The Morgan fingerprint density at radius 2 is 2.00 bits per heavy atom. The molecule has 0 aliphatic heterocycles. The van der Waals surface area contributed by atoms with Crippen molar-refractivity contribution in [3.63, 3.8) is 0 Å². The van der Waals surface area contributed by atoms with Gasteiger partial charge in [-0.1, -0.05) is 23.2 Å². The van der Waals surface area contributed by atoms with Crippen molar-refractivity contribution in [2.45, 2.75) is 19.8 Å². The summed E-state index contributed by atoms with van der Waals surface area (Å²) in [6, 6.07) is 3.69. The number of hydrogen-bond acceptors (Lipinski definition) is 1. The van der Waals surface area contributed by atoms with Crippen LogP contribution in [0.5, 0.6) is 0 Å². The smallest absolute Gasteiger partial charge is 0.0517 e. The van der Waals surface area contributed by atoms with Crippen molar-refractivity contribution in [2.75, 3.05) is 6.54 Å². The number of fused-ring (bicyclic) bond motifs is 1. The van der Waals surface area contributed by atoms with Gasteiger partial charge in [-0.05, 0) is 44.0 Å². The van der Waals surface area contributed by atoms with Crippen molar-refractivity contribution in [1.82, 2.24) is 4.98 Å². The van der Waals surface area contributed by atoms with Crippen LogP contribution in [0.15, 0.2) is 12.1 Å². The van der Waals surface area contributed by atoms with E-state index in [1.807, 2.05) is 6.07 Å². The summed E-state index contributed by atoms with van der Waals surface area (Å²) in [5.41, 5.74) is 8.94. The van der Waals surface area contributed by atoms with Crippen molar-refractivity contribution >= 4 is 46.5 Å². The molecule has 0 aliphatic carbocycles. The standard InChI is InChI=1S/C12H14Cl2N2.ClH/c1-7-9(3-2-4-15)12-10(14)5-8(13)6-11(12)16-7;/h5-6,16H,2-4,15H2,1H3;1H. The lowest BCUT2D eigenvalue weighted by Gasteiger charge is -2.02. The molecule has 1 heterocycles. The topological polar surface area (TPSA) is 41.8 Å². The number of H-pyrrole nitrogens is 1. The van der Waals surface area contributed by atoms with E-state index in [0.717, 1.165) is 29.4 Å². The maximum absolute atomic E-state index is 6.22. The molecule has 1 aromatic carbocycles. The van der Waals surface area contributed by atoms with Crippen molar-refractivity contribution in [1.29, 1.82) is 0 Å². The summed E-state index contributed by atoms with van der Waals surface area (Å²) < 4.78 is 0. The maximum Gasteiger partial charge on any atom is 0.0517 e. The molecule has 5 heteroatoms. The number of aromatic nitrogens is 1. The van der Waals surface area contributed by atoms with Gasteiger partial charge in [0.05, 0.1) is 5.02 Å². The van der Waals surface area contributed by atoms with E-state index >= 15 is 0 Å². The van der Waals surface area contributed by atoms with Crippen molar-refractivity contribution < 1.29 is 0 Å². The quantitative estimate of drug-likeness (QED) is 0.879. The lowest BCUT2D eigenvalue weighted by atomic mass is 10.1. The minimum atomic E-state index is 0. The fraction of sp³-hybridized carbons (Fsp3) is 0.333. The molecule has 0 atom stereocenters. The third-order valence-corrected chi connectivity index (χ3v) is 3.28. The normalized spacial score (nSPS) is 10.6. The summed E-state index contributed by atoms with van der Waals surface area (Å²) in [6.07, 6.45) is 1.91. The second kappa shape index (κ2) is 5.96. The van der Waals surface area contributed by atoms with Gasteiger partial charge in [0.2, 0.25) is 0 Å². The summed E-state index contributed by atoms with van der Waals surface area (Å²) in [5.74, 6) is 0. The molecular weight excluding hydrogens is 279 g/mol. The van der Waals surface area contributed by atoms with E-state index in [9.17, 15) is 0 Å². The predicted octanol–water partition coefficient (Wildman–Crippen LogP) is 4.10. The Kier molecular flexibility index (Phi) is 5.14. The van der Waals surface area contributed by atoms with Crippen LogP contribution in [0.1, 0.15) is 17.7 Å². The lowest BCUT2D eigenvalue weighted by Crippen LogP contribution is -2.00. The third kappa shape index (κ3) is 2.89. The van der Waals surface area contributed by atoms with E-state index in [0.29, 0.717) is 16.6 Å². The highest BCUT2D eigenvalue weighted by Gasteiger charge is 2.11. The summed E-state index contributed by atoms with van der Waals surface area (Å²) in [6.45, 7) is 2.74. The SMILES string of the molecule is Cc1[nH]c2cc(Cl)cc(Cl)c2c1CCCN.Cl. The molecule has 0 radical (unpaired) electrons. The Balaban J connectivity index is 0.00000144. The van der Waals surface area contributed by atoms with Gasteiger partial charge in [0.15, 0.2) is 0 Å². The van der Waals surface area contributed by atoms with Crippen LogP contribution >= 0.6 is 35.6 Å². The third-order valence-electron chi connectivity index (χ3n) is 2.76. The van der Waals surface area contributed by atoms with E-state index < -0.39 is 0 Å². The van der Waals surface area contributed by atoms with Crippen molar-refractivity contribution in [3.05, 3.63) is 33.4 Å². The van der Waals surface area contributed by atoms with Crippen LogP contribution in [0, 0.1) is 6.92 Å². The number of halogens is 3. The highest BCUT2D eigenvalue weighted by Crippen LogP contribution is 2.32. The van der Waals surface area contributed by atoms with Crippen LogP contribution in [-0.2, 0) is 6.42 Å². The first-order valence-electron chi connectivity index (χ1n) is 5.29. The van der Waals surface area contributed by atoms with Crippen LogP contribution in [0.3, 0.4) is 0 Å². The molecule has 0 spiro atoms. The molecule has 1 aromatic heterocycles. The molecule has 2 aromatic rings. The number of hydrogen-bond donors (Lipinski definition) is 2. The van der Waals surface area contributed by atoms with Crippen LogP contribution < -0.4 is 5.73 Å². The van der Waals surface area contributed by atoms with Gasteiger partial charge in [0.1, 0.15) is 0 Å². The first-order chi connectivity index (χ1) is 7.63. The van der Waals surface area contributed by atoms with E-state index in [2.05, 4.69) is 11.9 Å². The fourth-order valence-electron chi connectivity index (χ4n) is 2.04. The number of benzene rings is 1. The Hall–Kier alpha value is -0.410. The van der Waals surface area contributed by atoms with Crippen LogP contribution in [-0.4, -0.2) is 11.5 Å². The Morgan fingerprint density at radius 3 is 2.65 bits per heavy atom. The summed E-state index contributed by atoms with van der Waals surface area (Å²) >= 11 is 12.2. The van der Waals surface area contributed by atoms with Crippen molar-refractivity contribution in [2.24, 2.45) is 5.73 Å². The number of aryl methyl sites for hydroxylation is 2. The maximum atomic E-state index is 6.22. The van der Waals surface area contributed by atoms with Crippen LogP contribution in [0.2, 0.25) is 10.0 Å². The monoisotopic (exact) mass is 292 g/mol. The lowest BCUT2D eigenvalue weighted by molar-refractivity contribution is 0.831. The Morgan fingerprint density at radius 1 is 1.29 bits per heavy atom. The molecule has 2 rings (SSSR count). The molecule has 2 nitrogen and oxygen atoms in total. The second-order valence-corrected chi connectivity index (χ2v) is 4.77. The van der Waals surface area contributed by atoms with Gasteiger partial charge in [-0.3, -0.25) is 0 Å². The van der Waals surface area contributed by atoms with Gasteiger partial charge < -0.3 is 10.7 Å². The Labute approximate surface area is 117 Å². The molecule has 0 aliphatic rings. The van der Waals surface area contributed by atoms with E-state index in [-0.39, 0.29) is 12.4 Å². The first-order valence-corrected chi connectivity index (χ1v) is 6.05. The largest absolute Gasteiger partial charge is 0.358 e. The molecule has 3 N–H and O–H groups in total. The van der Waals surface area contributed by atoms with Crippen LogP contribution in [0.25, 0.3) is 10.9 Å². The molecular formula is C12H15Cl3N2.